The van der Waals surface area contributed by atoms with Crippen molar-refractivity contribution < 1.29 is 33.0 Å². The molecule has 0 spiro atoms. The molecule has 0 aliphatic carbocycles. The summed E-state index contributed by atoms with van der Waals surface area (Å²) >= 11 is 1.65. The lowest BCUT2D eigenvalue weighted by Gasteiger charge is -2.08. The maximum absolute atomic E-state index is 11.7. The van der Waals surface area contributed by atoms with E-state index in [9.17, 15) is 14.2 Å². The van der Waals surface area contributed by atoms with Gasteiger partial charge in [-0.3, -0.25) is 14.2 Å². The van der Waals surface area contributed by atoms with Crippen molar-refractivity contribution in [2.45, 2.75) is 44.9 Å². The molecule has 0 bridgehead atoms. The van der Waals surface area contributed by atoms with Crippen molar-refractivity contribution in [2.75, 3.05) is 64.8 Å². The molecule has 0 heterocycles. The highest BCUT2D eigenvalue weighted by atomic mass is 32.2. The largest absolute Gasteiger partial charge is 0.379 e. The molecule has 11 heteroatoms. The van der Waals surface area contributed by atoms with Gasteiger partial charge in [-0.15, -0.1) is 0 Å². The van der Waals surface area contributed by atoms with Crippen LogP contribution in [0.15, 0.2) is 0 Å². The maximum Gasteiger partial charge on any atom is 0.325 e. The van der Waals surface area contributed by atoms with Crippen molar-refractivity contribution in [1.29, 1.82) is 0 Å². The molecule has 0 aromatic rings. The minimum atomic E-state index is -3.36. The summed E-state index contributed by atoms with van der Waals surface area (Å²) in [6, 6.07) is 0. The predicted octanol–water partition coefficient (Wildman–Crippen LogP) is 2.18. The third-order valence-corrected chi connectivity index (χ3v) is 5.16. The molecule has 0 radical (unpaired) electrons. The van der Waals surface area contributed by atoms with Crippen LogP contribution >= 0.6 is 19.4 Å². The molecule has 3 N–H and O–H groups in total. The number of carbonyl (C=O) groups is 2. The van der Waals surface area contributed by atoms with E-state index >= 15 is 0 Å². The number of hydrogen-bond acceptors (Lipinski definition) is 7. The van der Waals surface area contributed by atoms with Gasteiger partial charge in [0.2, 0.25) is 11.8 Å². The third-order valence-electron chi connectivity index (χ3n) is 3.89. The van der Waals surface area contributed by atoms with Gasteiger partial charge in [0.1, 0.15) is 0 Å². The summed E-state index contributed by atoms with van der Waals surface area (Å²) in [7, 11) is -3.36. The zero-order valence-electron chi connectivity index (χ0n) is 18.4. The zero-order chi connectivity index (χ0) is 22.5. The van der Waals surface area contributed by atoms with Gasteiger partial charge in [0.05, 0.1) is 26.4 Å². The van der Waals surface area contributed by atoms with Gasteiger partial charge in [-0.2, -0.15) is 11.8 Å². The molecule has 0 aliphatic heterocycles. The lowest BCUT2D eigenvalue weighted by Crippen LogP contribution is -2.27. The first-order valence-corrected chi connectivity index (χ1v) is 13.9. The molecule has 0 aromatic carbocycles. The van der Waals surface area contributed by atoms with Crippen LogP contribution in [0, 0.1) is 0 Å². The first-order chi connectivity index (χ1) is 14.3. The average Bonchev–Trinajstić information content (AvgIpc) is 2.68. The maximum atomic E-state index is 11.7. The molecule has 0 saturated carbocycles. The smallest absolute Gasteiger partial charge is 0.325 e. The summed E-state index contributed by atoms with van der Waals surface area (Å²) in [6.45, 7) is 4.51. The van der Waals surface area contributed by atoms with E-state index in [2.05, 4.69) is 10.6 Å². The van der Waals surface area contributed by atoms with Crippen LogP contribution in [0.1, 0.15) is 44.9 Å². The van der Waals surface area contributed by atoms with E-state index < -0.39 is 7.60 Å². The van der Waals surface area contributed by atoms with Gasteiger partial charge in [0.25, 0.3) is 0 Å². The standard InChI is InChI=1S/C19H39N2O7PS/c1-29(24,25)28-13-6-4-3-5-10-20-18(22)8-7-12-26-15-16-27-14-11-21-19(23)9-17-30-2/h3-17H2,1-2H3,(H,20,22)(H,21,23)(H,24,25). The lowest BCUT2D eigenvalue weighted by atomic mass is 10.2. The van der Waals surface area contributed by atoms with E-state index in [1.165, 1.54) is 6.66 Å². The Labute approximate surface area is 184 Å². The summed E-state index contributed by atoms with van der Waals surface area (Å²) in [6.07, 6.45) is 7.04. The van der Waals surface area contributed by atoms with Crippen molar-refractivity contribution in [3.05, 3.63) is 0 Å². The van der Waals surface area contributed by atoms with Crippen molar-refractivity contribution in [3.8, 4) is 0 Å². The van der Waals surface area contributed by atoms with Gasteiger partial charge in [-0.05, 0) is 25.5 Å². The predicted molar refractivity (Wildman–Crippen MR) is 120 cm³/mol. The van der Waals surface area contributed by atoms with Crippen LogP contribution in [0.2, 0.25) is 0 Å². The molecule has 0 rings (SSSR count). The first-order valence-electron chi connectivity index (χ1n) is 10.5. The Hall–Kier alpha value is -0.640. The Bertz CT molecular complexity index is 492. The molecule has 0 aliphatic rings. The number of amides is 2. The van der Waals surface area contributed by atoms with Crippen LogP contribution in [0.3, 0.4) is 0 Å². The molecule has 2 amide bonds. The van der Waals surface area contributed by atoms with Crippen molar-refractivity contribution in [2.24, 2.45) is 0 Å². The summed E-state index contributed by atoms with van der Waals surface area (Å²) in [5.74, 6) is 0.887. The molecule has 178 valence electrons. The number of rotatable bonds is 21. The normalized spacial score (nSPS) is 13.0. The summed E-state index contributed by atoms with van der Waals surface area (Å²) in [5, 5.41) is 5.67. The molecule has 9 nitrogen and oxygen atoms in total. The average molecular weight is 471 g/mol. The lowest BCUT2D eigenvalue weighted by molar-refractivity contribution is -0.122. The monoisotopic (exact) mass is 470 g/mol. The molecule has 0 aromatic heterocycles. The number of thioether (sulfide) groups is 1. The molecular formula is C19H39N2O7PS. The SMILES string of the molecule is CSCCC(=O)NCCOCCOCCCC(=O)NCCCCCCOP(C)(=O)O. The van der Waals surface area contributed by atoms with E-state index in [0.717, 1.165) is 31.4 Å². The van der Waals surface area contributed by atoms with Gasteiger partial charge in [-0.25, -0.2) is 0 Å². The second-order valence-corrected chi connectivity index (χ2v) is 9.67. The van der Waals surface area contributed by atoms with E-state index in [0.29, 0.717) is 58.8 Å². The Morgan fingerprint density at radius 1 is 0.833 bits per heavy atom. The van der Waals surface area contributed by atoms with Gasteiger partial charge < -0.3 is 29.5 Å². The highest BCUT2D eigenvalue weighted by Crippen LogP contribution is 2.36. The number of ether oxygens (including phenoxy) is 2. The molecule has 0 saturated heterocycles. The van der Waals surface area contributed by atoms with Crippen molar-refractivity contribution in [3.63, 3.8) is 0 Å². The van der Waals surface area contributed by atoms with Gasteiger partial charge in [0, 0.05) is 45.0 Å². The molecule has 1 unspecified atom stereocenters. The Kier molecular flexibility index (Phi) is 19.8. The number of hydrogen-bond donors (Lipinski definition) is 3. The topological polar surface area (TPSA) is 123 Å². The van der Waals surface area contributed by atoms with Gasteiger partial charge in [0.15, 0.2) is 0 Å². The van der Waals surface area contributed by atoms with Crippen molar-refractivity contribution >= 4 is 31.2 Å². The highest BCUT2D eigenvalue weighted by molar-refractivity contribution is 7.98. The van der Waals surface area contributed by atoms with Gasteiger partial charge in [-0.1, -0.05) is 12.8 Å². The summed E-state index contributed by atoms with van der Waals surface area (Å²) in [4.78, 5) is 32.1. The fourth-order valence-corrected chi connectivity index (χ4v) is 3.19. The summed E-state index contributed by atoms with van der Waals surface area (Å²) in [5.41, 5.74) is 0. The van der Waals surface area contributed by atoms with Crippen LogP contribution < -0.4 is 10.6 Å². The molecular weight excluding hydrogens is 431 g/mol. The third kappa shape index (κ3) is 23.6. The molecule has 30 heavy (non-hydrogen) atoms. The van der Waals surface area contributed by atoms with Crippen LogP contribution in [0.5, 0.6) is 0 Å². The number of nitrogens with one attached hydrogen (secondary N) is 2. The van der Waals surface area contributed by atoms with Gasteiger partial charge >= 0.3 is 7.60 Å². The highest BCUT2D eigenvalue weighted by Gasteiger charge is 2.08. The van der Waals surface area contributed by atoms with E-state index in [4.69, 9.17) is 18.9 Å². The van der Waals surface area contributed by atoms with Crippen LogP contribution in [0.4, 0.5) is 0 Å². The second kappa shape index (κ2) is 20.3. The quantitative estimate of drug-likeness (QED) is 0.172. The van der Waals surface area contributed by atoms with Crippen LogP contribution in [0.25, 0.3) is 0 Å². The molecule has 0 fully saturated rings. The zero-order valence-corrected chi connectivity index (χ0v) is 20.1. The Morgan fingerprint density at radius 2 is 1.47 bits per heavy atom. The number of unbranched alkanes of at least 4 members (excludes halogenated alkanes) is 3. The van der Waals surface area contributed by atoms with Crippen LogP contribution in [-0.4, -0.2) is 81.5 Å². The van der Waals surface area contributed by atoms with E-state index in [1.807, 2.05) is 6.26 Å². The fraction of sp³-hybridized carbons (Fsp3) is 0.895. The van der Waals surface area contributed by atoms with Crippen LogP contribution in [-0.2, 0) is 28.2 Å². The van der Waals surface area contributed by atoms with E-state index in [-0.39, 0.29) is 18.4 Å². The minimum absolute atomic E-state index is 0.0163. The molecule has 1 atom stereocenters. The summed E-state index contributed by atoms with van der Waals surface area (Å²) < 4.78 is 26.5. The minimum Gasteiger partial charge on any atom is -0.379 e. The fourth-order valence-electron chi connectivity index (χ4n) is 2.33. The van der Waals surface area contributed by atoms with E-state index in [1.54, 1.807) is 11.8 Å². The first kappa shape index (κ1) is 29.4. The Balaban J connectivity index is 3.27. The Morgan fingerprint density at radius 3 is 2.17 bits per heavy atom. The number of carbonyl (C=O) groups excluding carboxylic acids is 2. The van der Waals surface area contributed by atoms with Crippen molar-refractivity contribution in [1.82, 2.24) is 10.6 Å². The second-order valence-electron chi connectivity index (χ2n) is 6.82.